The molecule has 3 amide bonds. The van der Waals surface area contributed by atoms with E-state index in [-0.39, 0.29) is 31.0 Å². The third kappa shape index (κ3) is 6.62. The number of halogens is 2. The van der Waals surface area contributed by atoms with Crippen LogP contribution in [-0.4, -0.2) is 30.0 Å². The van der Waals surface area contributed by atoms with Crippen LogP contribution in [0.2, 0.25) is 10.0 Å². The van der Waals surface area contributed by atoms with Crippen molar-refractivity contribution in [3.8, 4) is 0 Å². The van der Waals surface area contributed by atoms with Crippen molar-refractivity contribution >= 4 is 46.8 Å². The predicted molar refractivity (Wildman–Crippen MR) is 115 cm³/mol. The number of nitrogens with one attached hydrogen (secondary N) is 2. The van der Waals surface area contributed by atoms with Crippen LogP contribution in [0.3, 0.4) is 0 Å². The predicted octanol–water partition coefficient (Wildman–Crippen LogP) is 2.82. The summed E-state index contributed by atoms with van der Waals surface area (Å²) in [6.07, 6.45) is -0.496. The quantitative estimate of drug-likeness (QED) is 0.342. The summed E-state index contributed by atoms with van der Waals surface area (Å²) < 4.78 is 5.08. The van der Waals surface area contributed by atoms with E-state index in [4.69, 9.17) is 39.4 Å². The molecule has 0 radical (unpaired) electrons. The third-order valence-corrected chi connectivity index (χ3v) is 4.99. The Morgan fingerprint density at radius 3 is 2.37 bits per heavy atom. The topological polar surface area (TPSA) is 137 Å². The van der Waals surface area contributed by atoms with Gasteiger partial charge in [0.05, 0.1) is 10.0 Å². The molecule has 10 heteroatoms. The van der Waals surface area contributed by atoms with Gasteiger partial charge < -0.3 is 26.8 Å². The third-order valence-electron chi connectivity index (χ3n) is 4.25. The summed E-state index contributed by atoms with van der Waals surface area (Å²) >= 11 is 11.7. The first-order valence-electron chi connectivity index (χ1n) is 9.02. The van der Waals surface area contributed by atoms with Gasteiger partial charge >= 0.3 is 6.09 Å². The Hall–Kier alpha value is -2.81. The lowest BCUT2D eigenvalue weighted by Crippen LogP contribution is -2.60. The fraction of sp³-hybridized carbons (Fsp3) is 0.250. The molecule has 2 rings (SSSR count). The highest BCUT2D eigenvalue weighted by Crippen LogP contribution is 2.25. The van der Waals surface area contributed by atoms with Crippen LogP contribution < -0.4 is 22.1 Å². The zero-order valence-corrected chi connectivity index (χ0v) is 17.5. The number of carbonyl (C=O) groups is 3. The fourth-order valence-electron chi connectivity index (χ4n) is 2.50. The van der Waals surface area contributed by atoms with Crippen LogP contribution in [0.25, 0.3) is 0 Å². The van der Waals surface area contributed by atoms with E-state index in [1.165, 1.54) is 18.2 Å². The fourth-order valence-corrected chi connectivity index (χ4v) is 2.80. The van der Waals surface area contributed by atoms with Crippen LogP contribution in [0, 0.1) is 0 Å². The molecule has 0 bridgehead atoms. The highest BCUT2D eigenvalue weighted by Gasteiger charge is 2.40. The standard InChI is InChI=1S/C20H22Cl2N4O4/c21-15-8-7-14(11-16(15)22)26-18(28)20(24,17(23)27)9-4-10-25-19(29)30-12-13-5-2-1-3-6-13/h1-3,5-8,11H,4,9-10,12,24H2,(H2,23,27)(H,25,29)(H,26,28)/t20-/m0/s1. The van der Waals surface area contributed by atoms with E-state index in [2.05, 4.69) is 10.6 Å². The van der Waals surface area contributed by atoms with Crippen LogP contribution in [0.4, 0.5) is 10.5 Å². The lowest BCUT2D eigenvalue weighted by atomic mass is 9.92. The molecule has 0 spiro atoms. The monoisotopic (exact) mass is 452 g/mol. The molecule has 0 aliphatic carbocycles. The largest absolute Gasteiger partial charge is 0.445 e. The average Bonchev–Trinajstić information content (AvgIpc) is 2.72. The number of hydrogen-bond donors (Lipinski definition) is 4. The van der Waals surface area contributed by atoms with Crippen LogP contribution in [0.5, 0.6) is 0 Å². The van der Waals surface area contributed by atoms with Gasteiger partial charge in [-0.1, -0.05) is 53.5 Å². The second-order valence-electron chi connectivity index (χ2n) is 6.51. The van der Waals surface area contributed by atoms with E-state index in [9.17, 15) is 14.4 Å². The normalized spacial score (nSPS) is 12.5. The average molecular weight is 453 g/mol. The van der Waals surface area contributed by atoms with E-state index in [1.54, 1.807) is 0 Å². The molecule has 0 fully saturated rings. The molecule has 1 atom stereocenters. The first-order chi connectivity index (χ1) is 14.2. The molecule has 2 aromatic rings. The number of benzene rings is 2. The molecular formula is C20H22Cl2N4O4. The maximum Gasteiger partial charge on any atom is 0.407 e. The first kappa shape index (κ1) is 23.5. The molecule has 0 aliphatic heterocycles. The minimum absolute atomic E-state index is 0.0888. The Kier molecular flexibility index (Phi) is 8.46. The molecule has 6 N–H and O–H groups in total. The maximum atomic E-state index is 12.5. The lowest BCUT2D eigenvalue weighted by molar-refractivity contribution is -0.132. The van der Waals surface area contributed by atoms with Crippen molar-refractivity contribution in [2.24, 2.45) is 11.5 Å². The van der Waals surface area contributed by atoms with Gasteiger partial charge in [-0.3, -0.25) is 9.59 Å². The van der Waals surface area contributed by atoms with Crippen molar-refractivity contribution < 1.29 is 19.1 Å². The summed E-state index contributed by atoms with van der Waals surface area (Å²) in [5.41, 5.74) is 10.5. The molecule has 2 aromatic carbocycles. The Morgan fingerprint density at radius 2 is 1.73 bits per heavy atom. The van der Waals surface area contributed by atoms with Gasteiger partial charge in [0.25, 0.3) is 5.91 Å². The van der Waals surface area contributed by atoms with Crippen LogP contribution >= 0.6 is 23.2 Å². The van der Waals surface area contributed by atoms with Crippen molar-refractivity contribution in [2.45, 2.75) is 25.0 Å². The Bertz CT molecular complexity index is 911. The van der Waals surface area contributed by atoms with Gasteiger partial charge in [-0.05, 0) is 36.6 Å². The summed E-state index contributed by atoms with van der Waals surface area (Å²) in [7, 11) is 0. The molecule has 30 heavy (non-hydrogen) atoms. The van der Waals surface area contributed by atoms with Crippen LogP contribution in [-0.2, 0) is 20.9 Å². The van der Waals surface area contributed by atoms with Crippen LogP contribution in [0.15, 0.2) is 48.5 Å². The van der Waals surface area contributed by atoms with Crippen molar-refractivity contribution in [1.82, 2.24) is 5.32 Å². The number of rotatable bonds is 9. The molecule has 0 aromatic heterocycles. The van der Waals surface area contributed by atoms with Crippen molar-refractivity contribution in [3.05, 3.63) is 64.1 Å². The molecule has 160 valence electrons. The van der Waals surface area contributed by atoms with Gasteiger partial charge in [0.2, 0.25) is 5.91 Å². The second-order valence-corrected chi connectivity index (χ2v) is 7.33. The number of anilines is 1. The summed E-state index contributed by atoms with van der Waals surface area (Å²) in [6, 6.07) is 13.6. The van der Waals surface area contributed by atoms with Crippen LogP contribution in [0.1, 0.15) is 18.4 Å². The Balaban J connectivity index is 1.83. The van der Waals surface area contributed by atoms with Gasteiger partial charge in [-0.15, -0.1) is 0 Å². The summed E-state index contributed by atoms with van der Waals surface area (Å²) in [4.78, 5) is 36.1. The van der Waals surface area contributed by atoms with Crippen molar-refractivity contribution in [1.29, 1.82) is 0 Å². The van der Waals surface area contributed by atoms with Gasteiger partial charge in [-0.25, -0.2) is 4.79 Å². The number of ether oxygens (including phenoxy) is 1. The van der Waals surface area contributed by atoms with Gasteiger partial charge in [-0.2, -0.15) is 0 Å². The van der Waals surface area contributed by atoms with Crippen molar-refractivity contribution in [3.63, 3.8) is 0 Å². The van der Waals surface area contributed by atoms with E-state index >= 15 is 0 Å². The van der Waals surface area contributed by atoms with E-state index in [0.29, 0.717) is 10.7 Å². The number of carbonyl (C=O) groups excluding carboxylic acids is 3. The molecule has 0 saturated heterocycles. The van der Waals surface area contributed by atoms with Gasteiger partial charge in [0, 0.05) is 12.2 Å². The molecule has 0 heterocycles. The van der Waals surface area contributed by atoms with E-state index < -0.39 is 23.4 Å². The minimum atomic E-state index is -1.97. The highest BCUT2D eigenvalue weighted by atomic mass is 35.5. The molecule has 0 unspecified atom stereocenters. The highest BCUT2D eigenvalue weighted by molar-refractivity contribution is 6.42. The number of hydrogen-bond acceptors (Lipinski definition) is 5. The van der Waals surface area contributed by atoms with Crippen molar-refractivity contribution in [2.75, 3.05) is 11.9 Å². The maximum absolute atomic E-state index is 12.5. The smallest absolute Gasteiger partial charge is 0.407 e. The zero-order chi connectivity index (χ0) is 22.1. The second kappa shape index (κ2) is 10.8. The molecule has 0 saturated carbocycles. The van der Waals surface area contributed by atoms with Gasteiger partial charge in [0.15, 0.2) is 5.54 Å². The number of primary amides is 1. The minimum Gasteiger partial charge on any atom is -0.445 e. The lowest BCUT2D eigenvalue weighted by Gasteiger charge is -2.25. The van der Waals surface area contributed by atoms with E-state index in [1.807, 2.05) is 30.3 Å². The molecule has 8 nitrogen and oxygen atoms in total. The number of nitrogens with two attached hydrogens (primary N) is 2. The summed E-state index contributed by atoms with van der Waals surface area (Å²) in [6.45, 7) is 0.265. The summed E-state index contributed by atoms with van der Waals surface area (Å²) in [5.74, 6) is -1.79. The number of amides is 3. The summed E-state index contributed by atoms with van der Waals surface area (Å²) in [5, 5.41) is 5.58. The van der Waals surface area contributed by atoms with Gasteiger partial charge in [0.1, 0.15) is 6.61 Å². The molecule has 0 aliphatic rings. The SMILES string of the molecule is NC(=O)[C@@](N)(CCCNC(=O)OCc1ccccc1)C(=O)Nc1ccc(Cl)c(Cl)c1. The zero-order valence-electron chi connectivity index (χ0n) is 16.0. The molecular weight excluding hydrogens is 431 g/mol. The Morgan fingerprint density at radius 1 is 1.03 bits per heavy atom. The first-order valence-corrected chi connectivity index (χ1v) is 9.78. The van der Waals surface area contributed by atoms with E-state index in [0.717, 1.165) is 5.56 Å². The number of alkyl carbamates (subject to hydrolysis) is 1. The Labute approximate surface area is 183 Å².